The van der Waals surface area contributed by atoms with Gasteiger partial charge in [-0.25, -0.2) is 0 Å². The van der Waals surface area contributed by atoms with Crippen molar-refractivity contribution in [1.29, 1.82) is 0 Å². The summed E-state index contributed by atoms with van der Waals surface area (Å²) in [7, 11) is 0. The molecule has 0 aromatic carbocycles. The van der Waals surface area contributed by atoms with Gasteiger partial charge in [-0.05, 0) is 49.4 Å². The highest BCUT2D eigenvalue weighted by Crippen LogP contribution is 2.54. The fourth-order valence-electron chi connectivity index (χ4n) is 5.66. The summed E-state index contributed by atoms with van der Waals surface area (Å²) in [6.07, 6.45) is 8.74. The first kappa shape index (κ1) is 14.4. The average Bonchev–Trinajstić information content (AvgIpc) is 2.95. The van der Waals surface area contributed by atoms with Crippen molar-refractivity contribution in [2.75, 3.05) is 13.1 Å². The van der Waals surface area contributed by atoms with Crippen molar-refractivity contribution in [3.8, 4) is 0 Å². The second kappa shape index (κ2) is 5.32. The van der Waals surface area contributed by atoms with Crippen LogP contribution >= 0.6 is 0 Å². The van der Waals surface area contributed by atoms with Gasteiger partial charge in [0, 0.05) is 19.1 Å². The highest BCUT2D eigenvalue weighted by atomic mass is 16.4. The maximum absolute atomic E-state index is 11.6. The Morgan fingerprint density at radius 2 is 1.75 bits per heavy atom. The van der Waals surface area contributed by atoms with Crippen molar-refractivity contribution in [1.82, 2.24) is 4.90 Å². The van der Waals surface area contributed by atoms with Gasteiger partial charge in [-0.2, -0.15) is 0 Å². The Bertz CT molecular complexity index is 367. The molecule has 0 spiro atoms. The zero-order chi connectivity index (χ0) is 14.3. The van der Waals surface area contributed by atoms with Crippen LogP contribution in [0.15, 0.2) is 0 Å². The first-order valence-electron chi connectivity index (χ1n) is 8.57. The van der Waals surface area contributed by atoms with E-state index in [0.717, 1.165) is 19.5 Å². The van der Waals surface area contributed by atoms with Crippen LogP contribution in [0, 0.1) is 23.2 Å². The Morgan fingerprint density at radius 3 is 2.30 bits per heavy atom. The van der Waals surface area contributed by atoms with Crippen molar-refractivity contribution in [2.45, 2.75) is 64.8 Å². The van der Waals surface area contributed by atoms with Gasteiger partial charge in [0.25, 0.3) is 0 Å². The lowest BCUT2D eigenvalue weighted by Gasteiger charge is -2.55. The second-order valence-corrected chi connectivity index (χ2v) is 7.59. The molecule has 0 amide bonds. The third-order valence-corrected chi connectivity index (χ3v) is 6.22. The number of carboxylic acids is 1. The number of aliphatic carboxylic acids is 1. The van der Waals surface area contributed by atoms with Crippen molar-refractivity contribution in [3.63, 3.8) is 0 Å². The maximum atomic E-state index is 11.6. The zero-order valence-corrected chi connectivity index (χ0v) is 13.0. The van der Waals surface area contributed by atoms with E-state index in [1.807, 2.05) is 0 Å². The Hall–Kier alpha value is -0.570. The van der Waals surface area contributed by atoms with Gasteiger partial charge in [0.05, 0.1) is 5.92 Å². The molecule has 2 aliphatic carbocycles. The average molecular weight is 279 g/mol. The molecule has 3 fully saturated rings. The molecule has 20 heavy (non-hydrogen) atoms. The van der Waals surface area contributed by atoms with Crippen LogP contribution in [0.25, 0.3) is 0 Å². The van der Waals surface area contributed by atoms with E-state index >= 15 is 0 Å². The number of likely N-dealkylation sites (tertiary alicyclic amines) is 1. The van der Waals surface area contributed by atoms with E-state index in [9.17, 15) is 9.90 Å². The molecule has 3 rings (SSSR count). The van der Waals surface area contributed by atoms with Crippen molar-refractivity contribution >= 4 is 5.97 Å². The summed E-state index contributed by atoms with van der Waals surface area (Å²) < 4.78 is 0. The lowest BCUT2D eigenvalue weighted by molar-refractivity contribution is -0.150. The first-order chi connectivity index (χ1) is 9.60. The Labute approximate surface area is 122 Å². The number of carboxylic acid groups (broad SMARTS) is 1. The molecule has 3 heteroatoms. The molecular formula is C17H29NO2. The van der Waals surface area contributed by atoms with E-state index in [1.165, 1.54) is 38.5 Å². The molecule has 4 unspecified atom stereocenters. The number of fused-ring (bicyclic) bond motifs is 2. The Kier molecular flexibility index (Phi) is 3.83. The summed E-state index contributed by atoms with van der Waals surface area (Å²) in [5.41, 5.74) is 0.508. The van der Waals surface area contributed by atoms with Gasteiger partial charge in [0.2, 0.25) is 0 Å². The SMILES string of the molecule is CCCC1(CCC)CN(C2C3CCC(C3)C2C(=O)O)C1. The molecule has 1 heterocycles. The highest BCUT2D eigenvalue weighted by molar-refractivity contribution is 5.72. The molecule has 4 atom stereocenters. The summed E-state index contributed by atoms with van der Waals surface area (Å²) in [4.78, 5) is 14.2. The minimum Gasteiger partial charge on any atom is -0.481 e. The van der Waals surface area contributed by atoms with E-state index in [1.54, 1.807) is 0 Å². The second-order valence-electron chi connectivity index (χ2n) is 7.59. The van der Waals surface area contributed by atoms with Crippen LogP contribution in [0.2, 0.25) is 0 Å². The molecule has 0 aromatic heterocycles. The number of hydrogen-bond acceptors (Lipinski definition) is 2. The Morgan fingerprint density at radius 1 is 1.15 bits per heavy atom. The number of carbonyl (C=O) groups is 1. The molecule has 1 aliphatic heterocycles. The van der Waals surface area contributed by atoms with Crippen LogP contribution in [-0.2, 0) is 4.79 Å². The fraction of sp³-hybridized carbons (Fsp3) is 0.941. The highest BCUT2D eigenvalue weighted by Gasteiger charge is 2.57. The molecule has 1 N–H and O–H groups in total. The molecule has 0 radical (unpaired) electrons. The standard InChI is InChI=1S/C17H29NO2/c1-3-7-17(8-4-2)10-18(11-17)15-13-6-5-12(9-13)14(15)16(19)20/h12-15H,3-11H2,1-2H3,(H,19,20). The molecule has 2 saturated carbocycles. The lowest BCUT2D eigenvalue weighted by Crippen LogP contribution is -2.63. The number of hydrogen-bond donors (Lipinski definition) is 1. The first-order valence-corrected chi connectivity index (χ1v) is 8.57. The van der Waals surface area contributed by atoms with Gasteiger partial charge in [-0.1, -0.05) is 26.7 Å². The predicted octanol–water partition coefficient (Wildman–Crippen LogP) is 3.39. The minimum absolute atomic E-state index is 0.0741. The summed E-state index contributed by atoms with van der Waals surface area (Å²) in [6, 6.07) is 0.355. The van der Waals surface area contributed by atoms with Crippen molar-refractivity contribution in [3.05, 3.63) is 0 Å². The van der Waals surface area contributed by atoms with Crippen LogP contribution in [0.3, 0.4) is 0 Å². The normalized spacial score (nSPS) is 38.9. The molecular weight excluding hydrogens is 250 g/mol. The van der Waals surface area contributed by atoms with Gasteiger partial charge in [-0.3, -0.25) is 9.69 Å². The Balaban J connectivity index is 1.67. The monoisotopic (exact) mass is 279 g/mol. The molecule has 1 saturated heterocycles. The van der Waals surface area contributed by atoms with Crippen LogP contribution in [0.1, 0.15) is 58.8 Å². The molecule has 3 nitrogen and oxygen atoms in total. The quantitative estimate of drug-likeness (QED) is 0.810. The van der Waals surface area contributed by atoms with Crippen molar-refractivity contribution in [2.24, 2.45) is 23.2 Å². The fourth-order valence-corrected chi connectivity index (χ4v) is 5.66. The van der Waals surface area contributed by atoms with E-state index in [4.69, 9.17) is 0 Å². The van der Waals surface area contributed by atoms with Crippen LogP contribution < -0.4 is 0 Å². The van der Waals surface area contributed by atoms with Gasteiger partial charge in [-0.15, -0.1) is 0 Å². The maximum Gasteiger partial charge on any atom is 0.308 e. The van der Waals surface area contributed by atoms with Crippen LogP contribution in [0.5, 0.6) is 0 Å². The number of rotatable bonds is 6. The number of nitrogens with zero attached hydrogens (tertiary/aromatic N) is 1. The molecule has 2 bridgehead atoms. The minimum atomic E-state index is -0.536. The molecule has 114 valence electrons. The third kappa shape index (κ3) is 2.18. The van der Waals surface area contributed by atoms with Gasteiger partial charge >= 0.3 is 5.97 Å². The summed E-state index contributed by atoms with van der Waals surface area (Å²) in [6.45, 7) is 6.87. The van der Waals surface area contributed by atoms with Gasteiger partial charge in [0.1, 0.15) is 0 Å². The van der Waals surface area contributed by atoms with E-state index in [2.05, 4.69) is 18.7 Å². The molecule has 3 aliphatic rings. The molecule has 0 aromatic rings. The largest absolute Gasteiger partial charge is 0.481 e. The van der Waals surface area contributed by atoms with E-state index < -0.39 is 5.97 Å². The summed E-state index contributed by atoms with van der Waals surface area (Å²) in [5, 5.41) is 9.58. The van der Waals surface area contributed by atoms with Gasteiger partial charge < -0.3 is 5.11 Å². The summed E-state index contributed by atoms with van der Waals surface area (Å²) in [5.74, 6) is 0.526. The van der Waals surface area contributed by atoms with Crippen molar-refractivity contribution < 1.29 is 9.90 Å². The van der Waals surface area contributed by atoms with Gasteiger partial charge in [0.15, 0.2) is 0 Å². The van der Waals surface area contributed by atoms with Crippen LogP contribution in [-0.4, -0.2) is 35.1 Å². The third-order valence-electron chi connectivity index (χ3n) is 6.22. The summed E-state index contributed by atoms with van der Waals surface area (Å²) >= 11 is 0. The van der Waals surface area contributed by atoms with Crippen LogP contribution in [0.4, 0.5) is 0 Å². The predicted molar refractivity (Wildman–Crippen MR) is 79.6 cm³/mol. The smallest absolute Gasteiger partial charge is 0.308 e. The zero-order valence-electron chi connectivity index (χ0n) is 13.0. The topological polar surface area (TPSA) is 40.5 Å². The van der Waals surface area contributed by atoms with E-state index in [0.29, 0.717) is 23.3 Å². The lowest BCUT2D eigenvalue weighted by atomic mass is 9.70. The van der Waals surface area contributed by atoms with E-state index in [-0.39, 0.29) is 5.92 Å².